The topological polar surface area (TPSA) is 108 Å². The van der Waals surface area contributed by atoms with Crippen LogP contribution in [-0.4, -0.2) is 75.1 Å². The van der Waals surface area contributed by atoms with E-state index in [2.05, 4.69) is 0 Å². The molecule has 0 unspecified atom stereocenters. The number of ether oxygens (including phenoxy) is 3. The van der Waals surface area contributed by atoms with E-state index in [1.807, 2.05) is 27.7 Å². The Morgan fingerprint density at radius 3 is 1.96 bits per heavy atom. The van der Waals surface area contributed by atoms with Crippen molar-refractivity contribution in [1.82, 2.24) is 4.31 Å². The largest absolute Gasteiger partial charge is 0.462 e. The monoisotopic (exact) mass is 424 g/mol. The number of carbonyl (C=O) groups excluding carboxylic acids is 1. The van der Waals surface area contributed by atoms with Gasteiger partial charge >= 0.3 is 5.97 Å². The van der Waals surface area contributed by atoms with Crippen molar-refractivity contribution in [3.63, 3.8) is 0 Å². The van der Waals surface area contributed by atoms with Gasteiger partial charge in [0.05, 0.1) is 18.5 Å². The van der Waals surface area contributed by atoms with Crippen LogP contribution in [0.1, 0.15) is 55.4 Å². The van der Waals surface area contributed by atoms with Crippen molar-refractivity contribution in [2.24, 2.45) is 11.1 Å². The zero-order valence-corrected chi connectivity index (χ0v) is 19.9. The fourth-order valence-corrected chi connectivity index (χ4v) is 3.76. The van der Waals surface area contributed by atoms with Crippen molar-refractivity contribution >= 4 is 16.0 Å². The Labute approximate surface area is 171 Å². The standard InChI is InChI=1S/C19H40N2O6S/c1-13(25-9)16(20)17(22)26-12-15(27-14(2)18(3,4)5)11-21(19(6,7)8)28(10,23)24/h13-16H,11-12,20H2,1-10H3/t13-,14+,15+,16+/m1/s1. The van der Waals surface area contributed by atoms with E-state index in [9.17, 15) is 13.2 Å². The molecule has 4 atom stereocenters. The second kappa shape index (κ2) is 10.3. The van der Waals surface area contributed by atoms with Crippen LogP contribution in [0, 0.1) is 5.41 Å². The molecule has 0 aliphatic heterocycles. The van der Waals surface area contributed by atoms with Crippen molar-refractivity contribution in [3.8, 4) is 0 Å². The van der Waals surface area contributed by atoms with Crippen LogP contribution in [0.4, 0.5) is 0 Å². The smallest absolute Gasteiger partial charge is 0.325 e. The molecule has 0 bridgehead atoms. The number of carbonyl (C=O) groups is 1. The molecule has 28 heavy (non-hydrogen) atoms. The van der Waals surface area contributed by atoms with E-state index < -0.39 is 39.8 Å². The fourth-order valence-electron chi connectivity index (χ4n) is 2.33. The number of hydrogen-bond acceptors (Lipinski definition) is 7. The molecule has 8 nitrogen and oxygen atoms in total. The molecule has 0 aromatic heterocycles. The molecule has 0 rings (SSSR count). The first kappa shape index (κ1) is 27.3. The van der Waals surface area contributed by atoms with E-state index in [1.165, 1.54) is 11.4 Å². The Bertz CT molecular complexity index is 595. The van der Waals surface area contributed by atoms with E-state index in [-0.39, 0.29) is 24.7 Å². The fraction of sp³-hybridized carbons (Fsp3) is 0.947. The first-order chi connectivity index (χ1) is 12.4. The summed E-state index contributed by atoms with van der Waals surface area (Å²) in [5.41, 5.74) is 5.01. The Morgan fingerprint density at radius 1 is 1.11 bits per heavy atom. The first-order valence-corrected chi connectivity index (χ1v) is 11.3. The van der Waals surface area contributed by atoms with Crippen LogP contribution < -0.4 is 5.73 Å². The molecule has 0 radical (unpaired) electrons. The minimum absolute atomic E-state index is 0.0606. The van der Waals surface area contributed by atoms with Gasteiger partial charge in [0, 0.05) is 19.2 Å². The van der Waals surface area contributed by atoms with Gasteiger partial charge in [0.15, 0.2) is 0 Å². The van der Waals surface area contributed by atoms with Crippen LogP contribution in [-0.2, 0) is 29.0 Å². The summed E-state index contributed by atoms with van der Waals surface area (Å²) in [5, 5.41) is 0. The first-order valence-electron chi connectivity index (χ1n) is 9.49. The SMILES string of the molecule is CO[C@H](C)[C@H](N)C(=O)OC[C@H](CN(C(C)(C)C)S(C)(=O)=O)O[C@@H](C)C(C)(C)C. The highest BCUT2D eigenvalue weighted by molar-refractivity contribution is 7.88. The molecular formula is C19H40N2O6S. The Balaban J connectivity index is 5.44. The maximum atomic E-state index is 12.3. The molecule has 0 aromatic carbocycles. The molecule has 168 valence electrons. The molecule has 0 aliphatic rings. The lowest BCUT2D eigenvalue weighted by molar-refractivity contribution is -0.156. The van der Waals surface area contributed by atoms with Gasteiger partial charge in [-0.3, -0.25) is 4.79 Å². The molecule has 0 aromatic rings. The highest BCUT2D eigenvalue weighted by atomic mass is 32.2. The predicted octanol–water partition coefficient (Wildman–Crippen LogP) is 1.77. The molecule has 0 fully saturated rings. The lowest BCUT2D eigenvalue weighted by atomic mass is 9.90. The van der Waals surface area contributed by atoms with E-state index in [4.69, 9.17) is 19.9 Å². The number of esters is 1. The van der Waals surface area contributed by atoms with Crippen LogP contribution in [0.15, 0.2) is 0 Å². The van der Waals surface area contributed by atoms with Crippen molar-refractivity contribution in [2.45, 2.75) is 85.3 Å². The molecule has 0 saturated carbocycles. The van der Waals surface area contributed by atoms with E-state index >= 15 is 0 Å². The number of rotatable bonds is 10. The summed E-state index contributed by atoms with van der Waals surface area (Å²) >= 11 is 0. The van der Waals surface area contributed by atoms with Gasteiger partial charge in [0.1, 0.15) is 18.8 Å². The van der Waals surface area contributed by atoms with Gasteiger partial charge in [-0.25, -0.2) is 8.42 Å². The minimum Gasteiger partial charge on any atom is -0.462 e. The second-order valence-corrected chi connectivity index (χ2v) is 11.2. The van der Waals surface area contributed by atoms with Crippen molar-refractivity contribution in [2.75, 3.05) is 26.5 Å². The molecular weight excluding hydrogens is 384 g/mol. The highest BCUT2D eigenvalue weighted by Crippen LogP contribution is 2.25. The number of nitrogens with two attached hydrogens (primary N) is 1. The lowest BCUT2D eigenvalue weighted by Crippen LogP contribution is -2.51. The van der Waals surface area contributed by atoms with Crippen molar-refractivity contribution < 1.29 is 27.4 Å². The Hall–Kier alpha value is -0.740. The Morgan fingerprint density at radius 2 is 1.61 bits per heavy atom. The van der Waals surface area contributed by atoms with Gasteiger partial charge in [-0.15, -0.1) is 0 Å². The molecule has 0 aliphatic carbocycles. The van der Waals surface area contributed by atoms with E-state index in [0.29, 0.717) is 0 Å². The zero-order chi connectivity index (χ0) is 22.5. The third-order valence-corrected chi connectivity index (χ3v) is 6.19. The van der Waals surface area contributed by atoms with Gasteiger partial charge in [0.2, 0.25) is 10.0 Å². The van der Waals surface area contributed by atoms with Crippen LogP contribution >= 0.6 is 0 Å². The minimum atomic E-state index is -3.49. The zero-order valence-electron chi connectivity index (χ0n) is 19.1. The van der Waals surface area contributed by atoms with Crippen LogP contribution in [0.25, 0.3) is 0 Å². The van der Waals surface area contributed by atoms with E-state index in [0.717, 1.165) is 6.26 Å². The molecule has 2 N–H and O–H groups in total. The summed E-state index contributed by atoms with van der Waals surface area (Å²) in [6.45, 7) is 15.0. The Kier molecular flexibility index (Phi) is 10.1. The van der Waals surface area contributed by atoms with Crippen LogP contribution in [0.5, 0.6) is 0 Å². The summed E-state index contributed by atoms with van der Waals surface area (Å²) in [7, 11) is -2.03. The maximum Gasteiger partial charge on any atom is 0.325 e. The third kappa shape index (κ3) is 9.17. The molecule has 0 spiro atoms. The van der Waals surface area contributed by atoms with Crippen molar-refractivity contribution in [1.29, 1.82) is 0 Å². The number of methoxy groups -OCH3 is 1. The van der Waals surface area contributed by atoms with E-state index in [1.54, 1.807) is 27.7 Å². The maximum absolute atomic E-state index is 12.3. The quantitative estimate of drug-likeness (QED) is 0.532. The van der Waals surface area contributed by atoms with Gasteiger partial charge < -0.3 is 19.9 Å². The normalized spacial score (nSPS) is 17.9. The summed E-state index contributed by atoms with van der Waals surface area (Å²) in [6, 6.07) is -0.931. The number of hydrogen-bond donors (Lipinski definition) is 1. The van der Waals surface area contributed by atoms with Gasteiger partial charge in [-0.2, -0.15) is 4.31 Å². The van der Waals surface area contributed by atoms with Crippen LogP contribution in [0.3, 0.4) is 0 Å². The lowest BCUT2D eigenvalue weighted by Gasteiger charge is -2.38. The number of nitrogens with zero attached hydrogens (tertiary/aromatic N) is 1. The molecule has 0 amide bonds. The number of sulfonamides is 1. The van der Waals surface area contributed by atoms with Gasteiger partial charge in [0.25, 0.3) is 0 Å². The second-order valence-electron chi connectivity index (χ2n) is 9.33. The molecule has 0 heterocycles. The third-order valence-electron chi connectivity index (χ3n) is 4.70. The molecule has 0 saturated heterocycles. The summed E-state index contributed by atoms with van der Waals surface area (Å²) < 4.78 is 42.4. The van der Waals surface area contributed by atoms with Crippen LogP contribution in [0.2, 0.25) is 0 Å². The summed E-state index contributed by atoms with van der Waals surface area (Å²) in [4.78, 5) is 12.2. The summed E-state index contributed by atoms with van der Waals surface area (Å²) in [6.07, 6.45) is -0.172. The van der Waals surface area contributed by atoms with Gasteiger partial charge in [-0.1, -0.05) is 20.8 Å². The summed E-state index contributed by atoms with van der Waals surface area (Å²) in [5.74, 6) is -0.618. The molecule has 9 heteroatoms. The highest BCUT2D eigenvalue weighted by Gasteiger charge is 2.35. The van der Waals surface area contributed by atoms with Crippen molar-refractivity contribution in [3.05, 3.63) is 0 Å². The van der Waals surface area contributed by atoms with Gasteiger partial charge in [-0.05, 0) is 40.0 Å². The average Bonchev–Trinajstić information content (AvgIpc) is 2.51. The predicted molar refractivity (Wildman–Crippen MR) is 110 cm³/mol. The average molecular weight is 425 g/mol.